The summed E-state index contributed by atoms with van der Waals surface area (Å²) < 4.78 is 30.3. The Morgan fingerprint density at radius 1 is 1.22 bits per heavy atom. The number of nitrogens with zero attached hydrogens (tertiary/aromatic N) is 3. The molecule has 6 nitrogen and oxygen atoms in total. The van der Waals surface area contributed by atoms with Crippen LogP contribution in [0.15, 0.2) is 9.90 Å². The third kappa shape index (κ3) is 4.17. The molecule has 2 rings (SSSR count). The highest BCUT2D eigenvalue weighted by atomic mass is 32.2. The lowest BCUT2D eigenvalue weighted by atomic mass is 9.98. The van der Waals surface area contributed by atoms with Gasteiger partial charge in [0.25, 0.3) is 0 Å². The fraction of sp³-hybridized carbons (Fsp3) is 0.667. The highest BCUT2D eigenvalue weighted by molar-refractivity contribution is 7.90. The highest BCUT2D eigenvalue weighted by Gasteiger charge is 2.30. The predicted octanol–water partition coefficient (Wildman–Crippen LogP) is 3.62. The van der Waals surface area contributed by atoms with Gasteiger partial charge in [0, 0.05) is 16.7 Å². The first-order chi connectivity index (χ1) is 10.5. The van der Waals surface area contributed by atoms with E-state index in [1.165, 1.54) is 11.3 Å². The van der Waals surface area contributed by atoms with Crippen LogP contribution in [0.25, 0.3) is 0 Å². The summed E-state index contributed by atoms with van der Waals surface area (Å²) in [5.41, 5.74) is 0.479. The molecule has 0 spiro atoms. The van der Waals surface area contributed by atoms with Crippen molar-refractivity contribution in [3.05, 3.63) is 27.8 Å². The minimum Gasteiger partial charge on any atom is -0.338 e. The van der Waals surface area contributed by atoms with E-state index in [9.17, 15) is 8.42 Å². The fourth-order valence-electron chi connectivity index (χ4n) is 1.85. The Morgan fingerprint density at radius 3 is 2.35 bits per heavy atom. The Balaban J connectivity index is 2.19. The molecule has 0 aromatic carbocycles. The Bertz CT molecular complexity index is 770. The van der Waals surface area contributed by atoms with E-state index in [-0.39, 0.29) is 23.0 Å². The molecule has 0 aliphatic heterocycles. The normalized spacial score (nSPS) is 14.4. The van der Waals surface area contributed by atoms with Crippen molar-refractivity contribution >= 4 is 21.2 Å². The molecule has 0 aliphatic carbocycles. The summed E-state index contributed by atoms with van der Waals surface area (Å²) >= 11 is 1.49. The van der Waals surface area contributed by atoms with Crippen LogP contribution in [0.3, 0.4) is 0 Å². The van der Waals surface area contributed by atoms with E-state index in [0.29, 0.717) is 11.5 Å². The van der Waals surface area contributed by atoms with Crippen molar-refractivity contribution < 1.29 is 12.9 Å². The molecule has 0 fully saturated rings. The summed E-state index contributed by atoms with van der Waals surface area (Å²) in [5, 5.41) is 5.71. The maximum Gasteiger partial charge on any atom is 0.244 e. The van der Waals surface area contributed by atoms with Gasteiger partial charge < -0.3 is 4.52 Å². The molecule has 23 heavy (non-hydrogen) atoms. The molecule has 0 aliphatic rings. The lowest BCUT2D eigenvalue weighted by Crippen LogP contribution is -2.15. The van der Waals surface area contributed by atoms with Crippen molar-refractivity contribution in [3.63, 3.8) is 0 Å². The van der Waals surface area contributed by atoms with E-state index in [0.717, 1.165) is 5.01 Å². The van der Waals surface area contributed by atoms with Crippen LogP contribution >= 0.6 is 11.3 Å². The molecule has 1 unspecified atom stereocenters. The van der Waals surface area contributed by atoms with Crippen LogP contribution in [0, 0.1) is 0 Å². The van der Waals surface area contributed by atoms with Gasteiger partial charge >= 0.3 is 0 Å². The summed E-state index contributed by atoms with van der Waals surface area (Å²) in [4.78, 5) is 8.64. The molecule has 0 bridgehead atoms. The number of thiazole rings is 1. The lowest BCUT2D eigenvalue weighted by Gasteiger charge is -2.13. The van der Waals surface area contributed by atoms with Crippen LogP contribution < -0.4 is 0 Å². The number of sulfone groups is 1. The maximum absolute atomic E-state index is 12.6. The average molecular weight is 358 g/mol. The van der Waals surface area contributed by atoms with Crippen molar-refractivity contribution in [2.45, 2.75) is 63.9 Å². The van der Waals surface area contributed by atoms with Crippen molar-refractivity contribution in [1.82, 2.24) is 15.1 Å². The van der Waals surface area contributed by atoms with E-state index in [1.54, 1.807) is 12.3 Å². The molecule has 128 valence electrons. The summed E-state index contributed by atoms with van der Waals surface area (Å²) in [5.74, 6) is 0.626. The quantitative estimate of drug-likeness (QED) is 0.812. The van der Waals surface area contributed by atoms with E-state index in [1.807, 2.05) is 13.8 Å². The number of hydrogen-bond acceptors (Lipinski definition) is 7. The molecule has 0 radical (unpaired) electrons. The average Bonchev–Trinajstić information content (AvgIpc) is 3.04. The second-order valence-electron chi connectivity index (χ2n) is 6.99. The zero-order chi connectivity index (χ0) is 17.4. The Morgan fingerprint density at radius 2 is 1.87 bits per heavy atom. The van der Waals surface area contributed by atoms with Crippen LogP contribution in [-0.2, 0) is 21.0 Å². The molecule has 2 heterocycles. The molecule has 0 amide bonds. The number of rotatable bonds is 5. The molecule has 8 heteroatoms. The Labute approximate surface area is 141 Å². The van der Waals surface area contributed by atoms with Crippen LogP contribution in [0.2, 0.25) is 0 Å². The molecule has 2 aromatic rings. The van der Waals surface area contributed by atoms with E-state index >= 15 is 0 Å². The smallest absolute Gasteiger partial charge is 0.244 e. The highest BCUT2D eigenvalue weighted by Crippen LogP contribution is 2.29. The Hall–Kier alpha value is -1.28. The van der Waals surface area contributed by atoms with Crippen molar-refractivity contribution in [3.8, 4) is 0 Å². The van der Waals surface area contributed by atoms with Gasteiger partial charge in [-0.2, -0.15) is 4.98 Å². The molecule has 0 saturated heterocycles. The summed E-state index contributed by atoms with van der Waals surface area (Å²) in [7, 11) is -3.46. The zero-order valence-corrected chi connectivity index (χ0v) is 16.0. The van der Waals surface area contributed by atoms with Crippen LogP contribution in [0.1, 0.15) is 75.1 Å². The number of hydrogen-bond donors (Lipinski definition) is 0. The first kappa shape index (κ1) is 18.1. The first-order valence-electron chi connectivity index (χ1n) is 7.50. The maximum atomic E-state index is 12.6. The predicted molar refractivity (Wildman–Crippen MR) is 90.2 cm³/mol. The number of aromatic nitrogens is 3. The fourth-order valence-corrected chi connectivity index (χ4v) is 4.08. The van der Waals surface area contributed by atoms with Gasteiger partial charge in [-0.1, -0.05) is 39.8 Å². The van der Waals surface area contributed by atoms with Gasteiger partial charge in [0.15, 0.2) is 15.7 Å². The Kier molecular flexibility index (Phi) is 4.96. The van der Waals surface area contributed by atoms with Gasteiger partial charge in [-0.05, 0) is 6.92 Å². The third-order valence-corrected chi connectivity index (χ3v) is 6.70. The van der Waals surface area contributed by atoms with Gasteiger partial charge in [0.05, 0.1) is 16.5 Å². The lowest BCUT2D eigenvalue weighted by molar-refractivity contribution is 0.369. The molecular formula is C15H23N3O3S2. The molecular weight excluding hydrogens is 334 g/mol. The van der Waals surface area contributed by atoms with Crippen molar-refractivity contribution in [1.29, 1.82) is 0 Å². The second kappa shape index (κ2) is 6.32. The van der Waals surface area contributed by atoms with Crippen molar-refractivity contribution in [2.24, 2.45) is 0 Å². The van der Waals surface area contributed by atoms with Gasteiger partial charge in [-0.15, -0.1) is 11.3 Å². The van der Waals surface area contributed by atoms with E-state index < -0.39 is 15.1 Å². The topological polar surface area (TPSA) is 86.0 Å². The monoisotopic (exact) mass is 357 g/mol. The van der Waals surface area contributed by atoms with Crippen LogP contribution in [0.5, 0.6) is 0 Å². The van der Waals surface area contributed by atoms with E-state index in [4.69, 9.17) is 4.52 Å². The minimum atomic E-state index is -3.46. The summed E-state index contributed by atoms with van der Waals surface area (Å²) in [6.07, 6.45) is 0. The SMILES string of the molecule is CC(C)c1noc(C(C)S(=O)(=O)Cc2csc(C(C)(C)C)n2)n1. The zero-order valence-electron chi connectivity index (χ0n) is 14.3. The summed E-state index contributed by atoms with van der Waals surface area (Å²) in [6, 6.07) is 0. The van der Waals surface area contributed by atoms with Crippen molar-refractivity contribution in [2.75, 3.05) is 0 Å². The van der Waals surface area contributed by atoms with E-state index in [2.05, 4.69) is 35.9 Å². The standard InChI is InChI=1S/C15H23N3O3S2/c1-9(2)12-17-13(21-18-12)10(3)23(19,20)8-11-7-22-14(16-11)15(4,5)6/h7,9-10H,8H2,1-6H3. The summed E-state index contributed by atoms with van der Waals surface area (Å²) in [6.45, 7) is 11.6. The third-order valence-electron chi connectivity index (χ3n) is 3.40. The van der Waals surface area contributed by atoms with Gasteiger partial charge in [0.1, 0.15) is 5.25 Å². The molecule has 0 N–H and O–H groups in total. The largest absolute Gasteiger partial charge is 0.338 e. The van der Waals surface area contributed by atoms with Gasteiger partial charge in [0.2, 0.25) is 5.89 Å². The molecule has 1 atom stereocenters. The van der Waals surface area contributed by atoms with Gasteiger partial charge in [-0.3, -0.25) is 0 Å². The second-order valence-corrected chi connectivity index (χ2v) is 10.2. The van der Waals surface area contributed by atoms with Crippen LogP contribution in [0.4, 0.5) is 0 Å². The molecule has 0 saturated carbocycles. The molecule has 2 aromatic heterocycles. The van der Waals surface area contributed by atoms with Gasteiger partial charge in [-0.25, -0.2) is 13.4 Å². The minimum absolute atomic E-state index is 0.0864. The van der Waals surface area contributed by atoms with Crippen LogP contribution in [-0.4, -0.2) is 23.5 Å². The first-order valence-corrected chi connectivity index (χ1v) is 10.1.